The van der Waals surface area contributed by atoms with Crippen molar-refractivity contribution in [2.75, 3.05) is 34.2 Å². The molecular formula is C22H26O4S2. The summed E-state index contributed by atoms with van der Waals surface area (Å²) >= 11 is 7.50. The SMILES string of the molecule is COc1ccc(C[C@@H]2CSC(=S)[C@H]2Cc2ccc(OC)c(OC)c2)cc1OC. The van der Waals surface area contributed by atoms with Crippen LogP contribution in [0.1, 0.15) is 11.1 Å². The highest BCUT2D eigenvalue weighted by Gasteiger charge is 2.33. The quantitative estimate of drug-likeness (QED) is 0.573. The highest BCUT2D eigenvalue weighted by Crippen LogP contribution is 2.39. The summed E-state index contributed by atoms with van der Waals surface area (Å²) in [5.41, 5.74) is 2.45. The van der Waals surface area contributed by atoms with Crippen LogP contribution in [-0.2, 0) is 12.8 Å². The van der Waals surface area contributed by atoms with Crippen LogP contribution >= 0.6 is 24.0 Å². The number of thiocarbonyl (C=S) groups is 1. The minimum absolute atomic E-state index is 0.353. The van der Waals surface area contributed by atoms with Crippen molar-refractivity contribution in [2.45, 2.75) is 12.8 Å². The summed E-state index contributed by atoms with van der Waals surface area (Å²) in [7, 11) is 6.64. The van der Waals surface area contributed by atoms with Gasteiger partial charge in [0.2, 0.25) is 0 Å². The Kier molecular flexibility index (Phi) is 7.08. The molecule has 0 aromatic heterocycles. The molecule has 0 N–H and O–H groups in total. The van der Waals surface area contributed by atoms with Gasteiger partial charge in [-0.05, 0) is 54.2 Å². The van der Waals surface area contributed by atoms with Gasteiger partial charge in [0, 0.05) is 11.7 Å². The zero-order valence-corrected chi connectivity index (χ0v) is 18.3. The largest absolute Gasteiger partial charge is 0.493 e. The Morgan fingerprint density at radius 3 is 1.79 bits per heavy atom. The second kappa shape index (κ2) is 9.52. The van der Waals surface area contributed by atoms with Gasteiger partial charge in [-0.25, -0.2) is 0 Å². The second-order valence-electron chi connectivity index (χ2n) is 6.78. The Morgan fingerprint density at radius 1 is 0.786 bits per heavy atom. The van der Waals surface area contributed by atoms with Gasteiger partial charge in [-0.1, -0.05) is 24.4 Å². The molecule has 0 spiro atoms. The average molecular weight is 419 g/mol. The molecule has 6 heteroatoms. The molecule has 0 saturated carbocycles. The van der Waals surface area contributed by atoms with Crippen LogP contribution in [0.4, 0.5) is 0 Å². The number of hydrogen-bond acceptors (Lipinski definition) is 6. The lowest BCUT2D eigenvalue weighted by molar-refractivity contribution is 0.353. The van der Waals surface area contributed by atoms with E-state index >= 15 is 0 Å². The molecule has 0 aliphatic carbocycles. The Balaban J connectivity index is 1.76. The monoisotopic (exact) mass is 418 g/mol. The fourth-order valence-corrected chi connectivity index (χ4v) is 5.33. The minimum Gasteiger partial charge on any atom is -0.493 e. The van der Waals surface area contributed by atoms with Gasteiger partial charge < -0.3 is 18.9 Å². The highest BCUT2D eigenvalue weighted by molar-refractivity contribution is 8.23. The Hall–Kier alpha value is -1.92. The maximum absolute atomic E-state index is 5.69. The van der Waals surface area contributed by atoms with Crippen molar-refractivity contribution in [3.05, 3.63) is 47.5 Å². The predicted molar refractivity (Wildman–Crippen MR) is 119 cm³/mol. The Labute approximate surface area is 176 Å². The number of hydrogen-bond donors (Lipinski definition) is 0. The summed E-state index contributed by atoms with van der Waals surface area (Å²) in [5, 5.41) is 0. The van der Waals surface area contributed by atoms with E-state index in [-0.39, 0.29) is 0 Å². The third kappa shape index (κ3) is 4.55. The van der Waals surface area contributed by atoms with Gasteiger partial charge in [-0.3, -0.25) is 0 Å². The van der Waals surface area contributed by atoms with Gasteiger partial charge in [0.25, 0.3) is 0 Å². The molecule has 0 bridgehead atoms. The summed E-state index contributed by atoms with van der Waals surface area (Å²) in [6, 6.07) is 12.3. The first kappa shape index (κ1) is 20.8. The summed E-state index contributed by atoms with van der Waals surface area (Å²) in [4.78, 5) is 0. The van der Waals surface area contributed by atoms with E-state index < -0.39 is 0 Å². The van der Waals surface area contributed by atoms with Crippen LogP contribution in [0.2, 0.25) is 0 Å². The lowest BCUT2D eigenvalue weighted by Crippen LogP contribution is -2.19. The molecule has 28 heavy (non-hydrogen) atoms. The van der Waals surface area contributed by atoms with Crippen LogP contribution in [0.5, 0.6) is 23.0 Å². The topological polar surface area (TPSA) is 36.9 Å². The van der Waals surface area contributed by atoms with Gasteiger partial charge in [0.15, 0.2) is 23.0 Å². The molecule has 1 aliphatic heterocycles. The second-order valence-corrected chi connectivity index (χ2v) is 8.54. The van der Waals surface area contributed by atoms with Crippen LogP contribution in [0, 0.1) is 11.8 Å². The smallest absolute Gasteiger partial charge is 0.160 e. The summed E-state index contributed by atoms with van der Waals surface area (Å²) in [6.07, 6.45) is 1.87. The molecule has 1 aliphatic rings. The van der Waals surface area contributed by atoms with Crippen molar-refractivity contribution < 1.29 is 18.9 Å². The predicted octanol–water partition coefficient (Wildman–Crippen LogP) is 4.81. The first-order valence-electron chi connectivity index (χ1n) is 9.18. The van der Waals surface area contributed by atoms with Crippen molar-refractivity contribution in [1.29, 1.82) is 0 Å². The number of thioether (sulfide) groups is 1. The zero-order chi connectivity index (χ0) is 20.1. The Morgan fingerprint density at radius 2 is 1.29 bits per heavy atom. The van der Waals surface area contributed by atoms with Crippen molar-refractivity contribution >= 4 is 28.2 Å². The standard InChI is InChI=1S/C22H26O4S2/c1-23-18-7-5-14(11-20(18)25-3)9-16-13-28-22(27)17(16)10-15-6-8-19(24-2)21(12-15)26-4/h5-8,11-12,16-17H,9-10,13H2,1-4H3/t16-,17+/m1/s1. The van der Waals surface area contributed by atoms with Gasteiger partial charge in [0.1, 0.15) is 0 Å². The van der Waals surface area contributed by atoms with Crippen molar-refractivity contribution in [3.63, 3.8) is 0 Å². The molecule has 0 amide bonds. The third-order valence-corrected chi connectivity index (χ3v) is 7.00. The summed E-state index contributed by atoms with van der Waals surface area (Å²) in [5.74, 6) is 4.92. The molecule has 1 heterocycles. The number of ether oxygens (including phenoxy) is 4. The third-order valence-electron chi connectivity index (χ3n) is 5.16. The molecule has 2 aromatic carbocycles. The van der Waals surface area contributed by atoms with Gasteiger partial charge in [0.05, 0.1) is 32.6 Å². The summed E-state index contributed by atoms with van der Waals surface area (Å²) < 4.78 is 22.7. The zero-order valence-electron chi connectivity index (χ0n) is 16.7. The van der Waals surface area contributed by atoms with Crippen LogP contribution in [-0.4, -0.2) is 38.4 Å². The van der Waals surface area contributed by atoms with E-state index in [4.69, 9.17) is 31.2 Å². The number of benzene rings is 2. The van der Waals surface area contributed by atoms with Crippen LogP contribution in [0.15, 0.2) is 36.4 Å². The van der Waals surface area contributed by atoms with Gasteiger partial charge in [-0.15, -0.1) is 11.8 Å². The number of rotatable bonds is 8. The maximum atomic E-state index is 5.69. The van der Waals surface area contributed by atoms with Gasteiger partial charge in [-0.2, -0.15) is 0 Å². The molecule has 1 fully saturated rings. The molecule has 150 valence electrons. The van der Waals surface area contributed by atoms with Gasteiger partial charge >= 0.3 is 0 Å². The summed E-state index contributed by atoms with van der Waals surface area (Å²) in [6.45, 7) is 0. The highest BCUT2D eigenvalue weighted by atomic mass is 32.2. The molecule has 3 rings (SSSR count). The van der Waals surface area contributed by atoms with Crippen LogP contribution in [0.3, 0.4) is 0 Å². The molecular weight excluding hydrogens is 392 g/mol. The molecule has 2 atom stereocenters. The van der Waals surface area contributed by atoms with Crippen molar-refractivity contribution in [2.24, 2.45) is 11.8 Å². The van der Waals surface area contributed by atoms with E-state index in [1.54, 1.807) is 40.2 Å². The maximum Gasteiger partial charge on any atom is 0.160 e. The lowest BCUT2D eigenvalue weighted by atomic mass is 9.85. The fourth-order valence-electron chi connectivity index (χ4n) is 3.63. The molecule has 1 saturated heterocycles. The number of methoxy groups -OCH3 is 4. The van der Waals surface area contributed by atoms with E-state index in [1.165, 1.54) is 11.1 Å². The van der Waals surface area contributed by atoms with E-state index in [0.29, 0.717) is 11.8 Å². The first-order valence-corrected chi connectivity index (χ1v) is 10.6. The van der Waals surface area contributed by atoms with E-state index in [9.17, 15) is 0 Å². The molecule has 2 aromatic rings. The lowest BCUT2D eigenvalue weighted by Gasteiger charge is -2.20. The molecule has 0 radical (unpaired) electrons. The molecule has 4 nitrogen and oxygen atoms in total. The fraction of sp³-hybridized carbons (Fsp3) is 0.409. The van der Waals surface area contributed by atoms with Crippen LogP contribution in [0.25, 0.3) is 0 Å². The van der Waals surface area contributed by atoms with Crippen LogP contribution < -0.4 is 18.9 Å². The molecule has 0 unspecified atom stereocenters. The van der Waals surface area contributed by atoms with Crippen molar-refractivity contribution in [1.82, 2.24) is 0 Å². The average Bonchev–Trinajstić information content (AvgIpc) is 3.06. The minimum atomic E-state index is 0.353. The van der Waals surface area contributed by atoms with E-state index in [2.05, 4.69) is 24.3 Å². The normalized spacial score (nSPS) is 18.8. The van der Waals surface area contributed by atoms with Crippen molar-refractivity contribution in [3.8, 4) is 23.0 Å². The van der Waals surface area contributed by atoms with E-state index in [0.717, 1.165) is 45.8 Å². The van der Waals surface area contributed by atoms with E-state index in [1.807, 2.05) is 12.1 Å². The Bertz CT molecular complexity index is 837. The first-order chi connectivity index (χ1) is 13.6.